The number of benzene rings is 2. The molecule has 0 spiro atoms. The fourth-order valence-corrected chi connectivity index (χ4v) is 4.54. The molecule has 2 aromatic carbocycles. The Morgan fingerprint density at radius 2 is 1.67 bits per heavy atom. The van der Waals surface area contributed by atoms with Crippen LogP contribution in [0.4, 0.5) is 13.2 Å². The number of halogens is 4. The number of piperazine rings is 1. The second-order valence-corrected chi connectivity index (χ2v) is 9.22. The lowest BCUT2D eigenvalue weighted by Gasteiger charge is -2.34. The van der Waals surface area contributed by atoms with Gasteiger partial charge in [0, 0.05) is 38.3 Å². The normalized spacial score (nSPS) is 15.0. The molecule has 0 N–H and O–H groups in total. The maximum Gasteiger partial charge on any atom is 0.433 e. The van der Waals surface area contributed by atoms with Gasteiger partial charge in [-0.05, 0) is 18.6 Å². The first-order chi connectivity index (χ1) is 17.2. The smallest absolute Gasteiger partial charge is 0.335 e. The Labute approximate surface area is 210 Å². The lowest BCUT2D eigenvalue weighted by molar-refractivity contribution is -0.142. The summed E-state index contributed by atoms with van der Waals surface area (Å²) in [5, 5.41) is 3.80. The Bertz CT molecular complexity index is 1400. The van der Waals surface area contributed by atoms with Crippen LogP contribution in [-0.4, -0.2) is 56.5 Å². The third-order valence-corrected chi connectivity index (χ3v) is 6.63. The molecule has 1 amide bonds. The van der Waals surface area contributed by atoms with Crippen LogP contribution in [0, 0.1) is 6.92 Å². The van der Waals surface area contributed by atoms with Gasteiger partial charge in [-0.25, -0.2) is 9.50 Å². The number of aromatic nitrogens is 3. The molecule has 1 fully saturated rings. The Hall–Kier alpha value is -3.43. The molecule has 1 aliphatic rings. The van der Waals surface area contributed by atoms with E-state index in [1.54, 1.807) is 29.2 Å². The van der Waals surface area contributed by atoms with Gasteiger partial charge in [0.2, 0.25) is 0 Å². The quantitative estimate of drug-likeness (QED) is 0.370. The molecule has 2 aromatic heterocycles. The summed E-state index contributed by atoms with van der Waals surface area (Å²) in [4.78, 5) is 21.4. The highest BCUT2D eigenvalue weighted by Gasteiger charge is 2.37. The molecule has 0 aliphatic carbocycles. The first-order valence-electron chi connectivity index (χ1n) is 11.5. The summed E-state index contributed by atoms with van der Waals surface area (Å²) >= 11 is 6.44. The van der Waals surface area contributed by atoms with Crippen molar-refractivity contribution in [1.29, 1.82) is 0 Å². The molecule has 3 heterocycles. The van der Waals surface area contributed by atoms with Crippen LogP contribution in [0.3, 0.4) is 0 Å². The van der Waals surface area contributed by atoms with E-state index in [9.17, 15) is 18.0 Å². The summed E-state index contributed by atoms with van der Waals surface area (Å²) in [6.45, 7) is 4.76. The summed E-state index contributed by atoms with van der Waals surface area (Å²) in [5.74, 6) is -0.505. The molecular weight excluding hydrogens is 491 g/mol. The van der Waals surface area contributed by atoms with Gasteiger partial charge in [0.05, 0.1) is 5.69 Å². The van der Waals surface area contributed by atoms with Crippen molar-refractivity contribution in [3.8, 4) is 11.3 Å². The van der Waals surface area contributed by atoms with Gasteiger partial charge in [-0.15, -0.1) is 0 Å². The number of hydrogen-bond acceptors (Lipinski definition) is 4. The van der Waals surface area contributed by atoms with E-state index >= 15 is 0 Å². The number of nitrogens with zero attached hydrogens (tertiary/aromatic N) is 5. The second kappa shape index (κ2) is 9.55. The van der Waals surface area contributed by atoms with E-state index in [1.807, 2.05) is 37.3 Å². The first kappa shape index (κ1) is 24.3. The highest BCUT2D eigenvalue weighted by atomic mass is 35.5. The van der Waals surface area contributed by atoms with Crippen molar-refractivity contribution in [3.05, 3.63) is 88.2 Å². The van der Waals surface area contributed by atoms with E-state index in [1.165, 1.54) is 5.56 Å². The van der Waals surface area contributed by atoms with Crippen molar-refractivity contribution in [3.63, 3.8) is 0 Å². The van der Waals surface area contributed by atoms with Gasteiger partial charge in [0.1, 0.15) is 5.02 Å². The maximum absolute atomic E-state index is 14.0. The van der Waals surface area contributed by atoms with E-state index < -0.39 is 17.8 Å². The van der Waals surface area contributed by atoms with Gasteiger partial charge in [-0.3, -0.25) is 9.69 Å². The molecule has 1 saturated heterocycles. The van der Waals surface area contributed by atoms with Crippen molar-refractivity contribution in [1.82, 2.24) is 24.4 Å². The Balaban J connectivity index is 1.43. The molecule has 0 atom stereocenters. The van der Waals surface area contributed by atoms with Crippen LogP contribution in [-0.2, 0) is 12.7 Å². The minimum atomic E-state index is -4.72. The number of amides is 1. The van der Waals surface area contributed by atoms with Gasteiger partial charge in [-0.1, -0.05) is 71.8 Å². The number of carbonyl (C=O) groups is 1. The van der Waals surface area contributed by atoms with E-state index in [-0.39, 0.29) is 22.1 Å². The standard InChI is InChI=1S/C26H23ClF3N5O/c1-17-7-9-19(10-8-17)20-15-21(26(28,29)30)35-24(31-20)22(27)23(32-35)25(36)34-13-11-33(12-14-34)16-18-5-3-2-4-6-18/h2-10,15H,11-14,16H2,1H3. The summed E-state index contributed by atoms with van der Waals surface area (Å²) in [7, 11) is 0. The highest BCUT2D eigenvalue weighted by molar-refractivity contribution is 6.36. The maximum atomic E-state index is 14.0. The largest absolute Gasteiger partial charge is 0.433 e. The van der Waals surface area contributed by atoms with Crippen LogP contribution >= 0.6 is 11.6 Å². The molecule has 6 nitrogen and oxygen atoms in total. The fourth-order valence-electron chi connectivity index (χ4n) is 4.30. The number of carbonyl (C=O) groups excluding carboxylic acids is 1. The molecular formula is C26H23ClF3N5O. The molecule has 0 unspecified atom stereocenters. The first-order valence-corrected chi connectivity index (χ1v) is 11.9. The Kier molecular flexibility index (Phi) is 6.44. The molecule has 10 heteroatoms. The van der Waals surface area contributed by atoms with Crippen LogP contribution < -0.4 is 0 Å². The Morgan fingerprint density at radius 1 is 1.00 bits per heavy atom. The molecule has 5 rings (SSSR count). The average Bonchev–Trinajstić information content (AvgIpc) is 3.20. The summed E-state index contributed by atoms with van der Waals surface area (Å²) < 4.78 is 42.5. The molecule has 0 radical (unpaired) electrons. The van der Waals surface area contributed by atoms with Gasteiger partial charge in [0.25, 0.3) is 5.91 Å². The summed E-state index contributed by atoms with van der Waals surface area (Å²) in [6.07, 6.45) is -4.72. The van der Waals surface area contributed by atoms with E-state index in [0.717, 1.165) is 18.2 Å². The van der Waals surface area contributed by atoms with Crippen LogP contribution in [0.25, 0.3) is 16.9 Å². The number of aryl methyl sites for hydroxylation is 1. The predicted molar refractivity (Wildman–Crippen MR) is 131 cm³/mol. The number of rotatable bonds is 4. The van der Waals surface area contributed by atoms with Crippen molar-refractivity contribution in [2.24, 2.45) is 0 Å². The molecule has 0 bridgehead atoms. The van der Waals surface area contributed by atoms with Crippen LogP contribution in [0.15, 0.2) is 60.7 Å². The average molecular weight is 514 g/mol. The van der Waals surface area contributed by atoms with Crippen molar-refractivity contribution >= 4 is 23.2 Å². The molecule has 0 saturated carbocycles. The predicted octanol–water partition coefficient (Wildman–Crippen LogP) is 5.33. The molecule has 4 aromatic rings. The number of alkyl halides is 3. The van der Waals surface area contributed by atoms with Crippen molar-refractivity contribution in [2.45, 2.75) is 19.6 Å². The molecule has 36 heavy (non-hydrogen) atoms. The monoisotopic (exact) mass is 513 g/mol. The minimum absolute atomic E-state index is 0.102. The Morgan fingerprint density at radius 3 is 2.31 bits per heavy atom. The highest BCUT2D eigenvalue weighted by Crippen LogP contribution is 2.35. The minimum Gasteiger partial charge on any atom is -0.335 e. The second-order valence-electron chi connectivity index (χ2n) is 8.84. The SMILES string of the molecule is Cc1ccc(-c2cc(C(F)(F)F)n3nc(C(=O)N4CCN(Cc5ccccc5)CC4)c(Cl)c3n2)cc1. The fraction of sp³-hybridized carbons (Fsp3) is 0.269. The van der Waals surface area contributed by atoms with Gasteiger partial charge in [0.15, 0.2) is 17.0 Å². The van der Waals surface area contributed by atoms with Crippen LogP contribution in [0.2, 0.25) is 5.02 Å². The van der Waals surface area contributed by atoms with Crippen molar-refractivity contribution < 1.29 is 18.0 Å². The third kappa shape index (κ3) is 4.81. The van der Waals surface area contributed by atoms with Crippen LogP contribution in [0.5, 0.6) is 0 Å². The summed E-state index contributed by atoms with van der Waals surface area (Å²) in [6, 6.07) is 17.9. The number of fused-ring (bicyclic) bond motifs is 1. The molecule has 1 aliphatic heterocycles. The zero-order valence-electron chi connectivity index (χ0n) is 19.5. The van der Waals surface area contributed by atoms with Crippen molar-refractivity contribution in [2.75, 3.05) is 26.2 Å². The lowest BCUT2D eigenvalue weighted by Crippen LogP contribution is -2.48. The lowest BCUT2D eigenvalue weighted by atomic mass is 10.1. The number of hydrogen-bond donors (Lipinski definition) is 0. The third-order valence-electron chi connectivity index (χ3n) is 6.28. The molecule has 186 valence electrons. The zero-order valence-corrected chi connectivity index (χ0v) is 20.2. The van der Waals surface area contributed by atoms with Gasteiger partial charge >= 0.3 is 6.18 Å². The van der Waals surface area contributed by atoms with E-state index in [2.05, 4.69) is 15.0 Å². The van der Waals surface area contributed by atoms with Crippen LogP contribution in [0.1, 0.15) is 27.3 Å². The van der Waals surface area contributed by atoms with E-state index in [0.29, 0.717) is 36.3 Å². The van der Waals surface area contributed by atoms with E-state index in [4.69, 9.17) is 11.6 Å². The topological polar surface area (TPSA) is 53.7 Å². The van der Waals surface area contributed by atoms with Gasteiger partial charge < -0.3 is 4.90 Å². The zero-order chi connectivity index (χ0) is 25.4. The summed E-state index contributed by atoms with van der Waals surface area (Å²) in [5.41, 5.74) is 1.28. The van der Waals surface area contributed by atoms with Gasteiger partial charge in [-0.2, -0.15) is 18.3 Å².